The number of anilines is 1. The molecule has 20 heavy (non-hydrogen) atoms. The monoisotopic (exact) mass is 273 g/mol. The zero-order chi connectivity index (χ0) is 14.7. The van der Waals surface area contributed by atoms with Crippen molar-refractivity contribution in [2.75, 3.05) is 19.0 Å². The smallest absolute Gasteiger partial charge is 0.338 e. The van der Waals surface area contributed by atoms with Gasteiger partial charge in [-0.2, -0.15) is 5.11 Å². The molecule has 0 aliphatic carbocycles. The molecule has 0 saturated heterocycles. The first kappa shape index (κ1) is 13.8. The van der Waals surface area contributed by atoms with E-state index in [0.29, 0.717) is 11.3 Å². The minimum absolute atomic E-state index is 0.154. The average Bonchev–Trinajstić information content (AvgIpc) is 2.38. The van der Waals surface area contributed by atoms with Gasteiger partial charge < -0.3 is 14.4 Å². The van der Waals surface area contributed by atoms with E-state index in [-0.39, 0.29) is 5.69 Å². The van der Waals surface area contributed by atoms with Crippen molar-refractivity contribution in [3.05, 3.63) is 46.3 Å². The fourth-order valence-electron chi connectivity index (χ4n) is 1.63. The number of aromatic hydroxyl groups is 1. The Morgan fingerprint density at radius 3 is 2.35 bits per heavy atom. The molecule has 0 fully saturated rings. The molecule has 0 spiro atoms. The summed E-state index contributed by atoms with van der Waals surface area (Å²) in [5.41, 5.74) is 1.73. The third kappa shape index (κ3) is 3.03. The molecule has 1 aromatic heterocycles. The van der Waals surface area contributed by atoms with E-state index in [1.807, 2.05) is 43.3 Å². The van der Waals surface area contributed by atoms with Crippen molar-refractivity contribution in [3.8, 4) is 5.95 Å². The normalized spacial score (nSPS) is 10.9. The molecule has 0 saturated carbocycles. The van der Waals surface area contributed by atoms with E-state index in [1.54, 1.807) is 6.92 Å². The Kier molecular flexibility index (Phi) is 3.84. The van der Waals surface area contributed by atoms with Gasteiger partial charge in [0.05, 0.1) is 5.69 Å². The van der Waals surface area contributed by atoms with Gasteiger partial charge in [-0.15, -0.1) is 5.11 Å². The van der Waals surface area contributed by atoms with Crippen LogP contribution in [-0.2, 0) is 0 Å². The van der Waals surface area contributed by atoms with Crippen LogP contribution in [0, 0.1) is 6.92 Å². The molecule has 6 heteroatoms. The minimum atomic E-state index is -0.616. The quantitative estimate of drug-likeness (QED) is 0.871. The lowest BCUT2D eigenvalue weighted by Crippen LogP contribution is -2.07. The van der Waals surface area contributed by atoms with Crippen LogP contribution in [0.4, 0.5) is 17.1 Å². The van der Waals surface area contributed by atoms with Crippen LogP contribution in [0.2, 0.25) is 0 Å². The minimum Gasteiger partial charge on any atom is -0.479 e. The molecule has 104 valence electrons. The van der Waals surface area contributed by atoms with Gasteiger partial charge in [-0.05, 0) is 36.8 Å². The van der Waals surface area contributed by atoms with Gasteiger partial charge in [0.15, 0.2) is 5.69 Å². The summed E-state index contributed by atoms with van der Waals surface area (Å²) in [5, 5.41) is 17.5. The first-order valence-corrected chi connectivity index (χ1v) is 6.00. The molecule has 2 aromatic rings. The van der Waals surface area contributed by atoms with Gasteiger partial charge >= 0.3 is 11.6 Å². The highest BCUT2D eigenvalue weighted by Gasteiger charge is 2.08. The van der Waals surface area contributed by atoms with Crippen LogP contribution in [0.1, 0.15) is 5.56 Å². The van der Waals surface area contributed by atoms with Gasteiger partial charge in [-0.1, -0.05) is 0 Å². The van der Waals surface area contributed by atoms with Crippen LogP contribution in [-0.4, -0.2) is 19.2 Å². The van der Waals surface area contributed by atoms with E-state index < -0.39 is 11.6 Å². The fourth-order valence-corrected chi connectivity index (χ4v) is 1.63. The Labute approximate surface area is 116 Å². The number of aryl methyl sites for hydroxylation is 1. The molecule has 0 amide bonds. The Hall–Kier alpha value is -2.63. The summed E-state index contributed by atoms with van der Waals surface area (Å²) in [6.45, 7) is 1.65. The number of hydrogen-bond donors (Lipinski definition) is 1. The lowest BCUT2D eigenvalue weighted by molar-refractivity contribution is 0.311. The summed E-state index contributed by atoms with van der Waals surface area (Å²) in [4.78, 5) is 13.0. The van der Waals surface area contributed by atoms with E-state index in [0.717, 1.165) is 5.69 Å². The van der Waals surface area contributed by atoms with Crippen LogP contribution in [0.5, 0.6) is 5.95 Å². The molecule has 1 N–H and O–H groups in total. The molecule has 6 nitrogen and oxygen atoms in total. The van der Waals surface area contributed by atoms with Gasteiger partial charge in [-0.3, -0.25) is 0 Å². The van der Waals surface area contributed by atoms with Crippen LogP contribution < -0.4 is 10.5 Å². The lowest BCUT2D eigenvalue weighted by Gasteiger charge is -2.11. The Bertz CT molecular complexity index is 662. The Balaban J connectivity index is 2.28. The van der Waals surface area contributed by atoms with E-state index >= 15 is 0 Å². The second-order valence-corrected chi connectivity index (χ2v) is 4.51. The second-order valence-electron chi connectivity index (χ2n) is 4.51. The maximum atomic E-state index is 11.0. The number of azo groups is 1. The van der Waals surface area contributed by atoms with Gasteiger partial charge in [0.25, 0.3) is 0 Å². The van der Waals surface area contributed by atoms with Gasteiger partial charge in [0.1, 0.15) is 0 Å². The van der Waals surface area contributed by atoms with Crippen molar-refractivity contribution in [2.45, 2.75) is 6.92 Å². The largest absolute Gasteiger partial charge is 0.479 e. The molecule has 1 aromatic carbocycles. The molecular weight excluding hydrogens is 258 g/mol. The summed E-state index contributed by atoms with van der Waals surface area (Å²) in [5.74, 6) is -0.524. The van der Waals surface area contributed by atoms with Crippen molar-refractivity contribution in [1.29, 1.82) is 0 Å². The zero-order valence-corrected chi connectivity index (χ0v) is 11.5. The topological polar surface area (TPSA) is 78.4 Å². The van der Waals surface area contributed by atoms with E-state index in [9.17, 15) is 9.90 Å². The molecule has 0 atom stereocenters. The standard InChI is InChI=1S/C14H15N3O3/c1-9-8-12(18)20-14(19)13(9)16-15-10-4-6-11(7-5-10)17(2)3/h4-8,19H,1-3H3. The fraction of sp³-hybridized carbons (Fsp3) is 0.214. The predicted molar refractivity (Wildman–Crippen MR) is 76.3 cm³/mol. The molecule has 0 aliphatic rings. The van der Waals surface area contributed by atoms with Crippen molar-refractivity contribution >= 4 is 17.1 Å². The molecule has 0 aliphatic heterocycles. The number of nitrogens with zero attached hydrogens (tertiary/aromatic N) is 3. The van der Waals surface area contributed by atoms with Crippen LogP contribution >= 0.6 is 0 Å². The highest BCUT2D eigenvalue weighted by molar-refractivity contribution is 5.53. The Morgan fingerprint density at radius 2 is 1.80 bits per heavy atom. The first-order chi connectivity index (χ1) is 9.47. The molecule has 2 rings (SSSR count). The van der Waals surface area contributed by atoms with Crippen molar-refractivity contribution in [3.63, 3.8) is 0 Å². The first-order valence-electron chi connectivity index (χ1n) is 6.00. The Morgan fingerprint density at radius 1 is 1.15 bits per heavy atom. The number of rotatable bonds is 3. The highest BCUT2D eigenvalue weighted by atomic mass is 16.5. The van der Waals surface area contributed by atoms with Gasteiger partial charge in [-0.25, -0.2) is 4.79 Å². The maximum Gasteiger partial charge on any atom is 0.338 e. The molecule has 0 unspecified atom stereocenters. The highest BCUT2D eigenvalue weighted by Crippen LogP contribution is 2.30. The van der Waals surface area contributed by atoms with Crippen molar-refractivity contribution < 1.29 is 9.52 Å². The predicted octanol–water partition coefficient (Wildman–Crippen LogP) is 3.14. The SMILES string of the molecule is Cc1cc(=O)oc(O)c1N=Nc1ccc(N(C)C)cc1. The number of benzene rings is 1. The molecule has 0 bridgehead atoms. The summed E-state index contributed by atoms with van der Waals surface area (Å²) >= 11 is 0. The van der Waals surface area contributed by atoms with Crippen LogP contribution in [0.3, 0.4) is 0 Å². The molecular formula is C14H15N3O3. The lowest BCUT2D eigenvalue weighted by atomic mass is 10.2. The maximum absolute atomic E-state index is 11.0. The van der Waals surface area contributed by atoms with Gasteiger partial charge in [0, 0.05) is 25.8 Å². The summed E-state index contributed by atoms with van der Waals surface area (Å²) in [7, 11) is 3.90. The summed E-state index contributed by atoms with van der Waals surface area (Å²) < 4.78 is 4.57. The third-order valence-corrected chi connectivity index (χ3v) is 2.74. The van der Waals surface area contributed by atoms with Crippen molar-refractivity contribution in [1.82, 2.24) is 0 Å². The zero-order valence-electron chi connectivity index (χ0n) is 11.5. The molecule has 1 heterocycles. The number of hydrogen-bond acceptors (Lipinski definition) is 6. The van der Waals surface area contributed by atoms with Crippen LogP contribution in [0.15, 0.2) is 49.8 Å². The average molecular weight is 273 g/mol. The van der Waals surface area contributed by atoms with E-state index in [2.05, 4.69) is 14.6 Å². The second kappa shape index (κ2) is 5.56. The van der Waals surface area contributed by atoms with Crippen molar-refractivity contribution in [2.24, 2.45) is 10.2 Å². The third-order valence-electron chi connectivity index (χ3n) is 2.74. The summed E-state index contributed by atoms with van der Waals surface area (Å²) in [6, 6.07) is 8.69. The summed E-state index contributed by atoms with van der Waals surface area (Å²) in [6.07, 6.45) is 0. The molecule has 0 radical (unpaired) electrons. The van der Waals surface area contributed by atoms with E-state index in [1.165, 1.54) is 6.07 Å². The van der Waals surface area contributed by atoms with Crippen LogP contribution in [0.25, 0.3) is 0 Å². The van der Waals surface area contributed by atoms with Gasteiger partial charge in [0.2, 0.25) is 0 Å². The van der Waals surface area contributed by atoms with E-state index in [4.69, 9.17) is 0 Å².